The Morgan fingerprint density at radius 2 is 2.29 bits per heavy atom. The number of halogens is 1. The first-order valence-corrected chi connectivity index (χ1v) is 3.78. The van der Waals surface area contributed by atoms with Gasteiger partial charge in [0.1, 0.15) is 5.82 Å². The lowest BCUT2D eigenvalue weighted by atomic mass is 10.2. The molecule has 1 heterocycles. The molecule has 1 aromatic heterocycles. The molecule has 0 saturated heterocycles. The van der Waals surface area contributed by atoms with Gasteiger partial charge in [-0.15, -0.1) is 5.10 Å². The van der Waals surface area contributed by atoms with E-state index in [1.165, 1.54) is 12.1 Å². The minimum absolute atomic E-state index is 0.0213. The Balaban J connectivity index is 2.61. The Morgan fingerprint density at radius 3 is 2.93 bits per heavy atom. The molecule has 6 heteroatoms. The maximum absolute atomic E-state index is 12.8. The number of hydrogen-bond acceptors (Lipinski definition) is 4. The second kappa shape index (κ2) is 2.99. The third-order valence-corrected chi connectivity index (χ3v) is 1.68. The lowest BCUT2D eigenvalue weighted by Crippen LogP contribution is -1.94. The summed E-state index contributed by atoms with van der Waals surface area (Å²) < 4.78 is 17.5. The molecule has 0 radical (unpaired) electrons. The van der Waals surface area contributed by atoms with E-state index in [4.69, 9.17) is 5.73 Å². The van der Waals surface area contributed by atoms with E-state index in [2.05, 4.69) is 14.6 Å². The zero-order valence-corrected chi connectivity index (χ0v) is 6.95. The van der Waals surface area contributed by atoms with Crippen LogP contribution in [0.2, 0.25) is 0 Å². The second-order valence-electron chi connectivity index (χ2n) is 2.65. The Bertz CT molecular complexity index is 517. The predicted molar refractivity (Wildman–Crippen MR) is 46.9 cm³/mol. The second-order valence-corrected chi connectivity index (χ2v) is 2.65. The maximum Gasteiger partial charge on any atom is 0.434 e. The monoisotopic (exact) mass is 195 g/mol. The van der Waals surface area contributed by atoms with Gasteiger partial charge in [-0.3, -0.25) is 0 Å². The number of aromatic nitrogens is 2. The molecular weight excluding hydrogens is 189 g/mol. The first kappa shape index (κ1) is 8.49. The highest BCUT2D eigenvalue weighted by molar-refractivity contribution is 5.69. The molecule has 2 rings (SSSR count). The van der Waals surface area contributed by atoms with Gasteiger partial charge in [0.05, 0.1) is 5.56 Å². The topological polar surface area (TPSA) is 84.9 Å². The van der Waals surface area contributed by atoms with Gasteiger partial charge in [-0.05, 0) is 18.2 Å². The SMILES string of the molecule is Nc1ccc(F)cc1-c1n[nH]c(=O)o1. The average Bonchev–Trinajstić information content (AvgIpc) is 2.56. The Hall–Kier alpha value is -2.11. The maximum atomic E-state index is 12.8. The van der Waals surface area contributed by atoms with Crippen LogP contribution in [0.3, 0.4) is 0 Å². The third kappa shape index (κ3) is 1.37. The van der Waals surface area contributed by atoms with Crippen LogP contribution in [0.25, 0.3) is 11.5 Å². The summed E-state index contributed by atoms with van der Waals surface area (Å²) in [6.45, 7) is 0. The van der Waals surface area contributed by atoms with Crippen LogP contribution in [0.1, 0.15) is 0 Å². The Labute approximate surface area is 77.4 Å². The molecule has 0 amide bonds. The molecule has 72 valence electrons. The van der Waals surface area contributed by atoms with Crippen molar-refractivity contribution in [2.75, 3.05) is 5.73 Å². The van der Waals surface area contributed by atoms with Crippen LogP contribution in [0, 0.1) is 5.82 Å². The van der Waals surface area contributed by atoms with Crippen LogP contribution in [-0.2, 0) is 0 Å². The lowest BCUT2D eigenvalue weighted by molar-refractivity contribution is 0.526. The van der Waals surface area contributed by atoms with E-state index in [0.29, 0.717) is 5.69 Å². The van der Waals surface area contributed by atoms with Crippen molar-refractivity contribution in [2.24, 2.45) is 0 Å². The van der Waals surface area contributed by atoms with E-state index in [1.54, 1.807) is 0 Å². The molecule has 0 aliphatic heterocycles. The van der Waals surface area contributed by atoms with Crippen LogP contribution in [0.15, 0.2) is 27.4 Å². The number of aromatic amines is 1. The number of nitrogen functional groups attached to an aromatic ring is 1. The molecule has 0 saturated carbocycles. The van der Waals surface area contributed by atoms with E-state index in [0.717, 1.165) is 6.07 Å². The summed E-state index contributed by atoms with van der Waals surface area (Å²) in [5, 5.41) is 5.60. The molecule has 0 fully saturated rings. The summed E-state index contributed by atoms with van der Waals surface area (Å²) in [7, 11) is 0. The molecule has 0 aliphatic carbocycles. The largest absolute Gasteiger partial charge is 0.434 e. The number of nitrogens with one attached hydrogen (secondary N) is 1. The number of hydrogen-bond donors (Lipinski definition) is 2. The van der Waals surface area contributed by atoms with E-state index in [9.17, 15) is 9.18 Å². The van der Waals surface area contributed by atoms with Crippen LogP contribution >= 0.6 is 0 Å². The minimum Gasteiger partial charge on any atom is -0.398 e. The van der Waals surface area contributed by atoms with Crippen molar-refractivity contribution >= 4 is 5.69 Å². The van der Waals surface area contributed by atoms with E-state index >= 15 is 0 Å². The summed E-state index contributed by atoms with van der Waals surface area (Å²) in [5.41, 5.74) is 6.09. The zero-order valence-electron chi connectivity index (χ0n) is 6.95. The van der Waals surface area contributed by atoms with Gasteiger partial charge in [-0.1, -0.05) is 0 Å². The van der Waals surface area contributed by atoms with E-state index in [-0.39, 0.29) is 11.5 Å². The van der Waals surface area contributed by atoms with E-state index in [1.807, 2.05) is 0 Å². The summed E-state index contributed by atoms with van der Waals surface area (Å²) in [6, 6.07) is 3.73. The van der Waals surface area contributed by atoms with E-state index < -0.39 is 11.6 Å². The number of rotatable bonds is 1. The molecule has 0 aliphatic rings. The molecule has 2 aromatic rings. The van der Waals surface area contributed by atoms with Crippen molar-refractivity contribution in [1.82, 2.24) is 10.2 Å². The van der Waals surface area contributed by atoms with Gasteiger partial charge in [0.15, 0.2) is 0 Å². The smallest absolute Gasteiger partial charge is 0.398 e. The van der Waals surface area contributed by atoms with Crippen molar-refractivity contribution < 1.29 is 8.81 Å². The number of anilines is 1. The fraction of sp³-hybridized carbons (Fsp3) is 0. The van der Waals surface area contributed by atoms with Crippen molar-refractivity contribution in [3.63, 3.8) is 0 Å². The molecule has 1 aromatic carbocycles. The lowest BCUT2D eigenvalue weighted by Gasteiger charge is -1.99. The molecule has 5 nitrogen and oxygen atoms in total. The summed E-state index contributed by atoms with van der Waals surface area (Å²) in [4.78, 5) is 10.6. The highest BCUT2D eigenvalue weighted by Crippen LogP contribution is 2.23. The van der Waals surface area contributed by atoms with Crippen molar-refractivity contribution in [3.8, 4) is 11.5 Å². The minimum atomic E-state index is -0.705. The average molecular weight is 195 g/mol. The van der Waals surface area contributed by atoms with Gasteiger partial charge in [0, 0.05) is 5.69 Å². The Kier molecular flexibility index (Phi) is 1.81. The van der Waals surface area contributed by atoms with Gasteiger partial charge in [-0.2, -0.15) is 0 Å². The standard InChI is InChI=1S/C8H6FN3O2/c9-4-1-2-6(10)5(3-4)7-11-12-8(13)14-7/h1-3H,10H2,(H,12,13). The van der Waals surface area contributed by atoms with Gasteiger partial charge in [-0.25, -0.2) is 14.3 Å². The summed E-state index contributed by atoms with van der Waals surface area (Å²) in [5.74, 6) is -1.20. The highest BCUT2D eigenvalue weighted by Gasteiger charge is 2.09. The molecule has 0 unspecified atom stereocenters. The summed E-state index contributed by atoms with van der Waals surface area (Å²) in [6.07, 6.45) is 0. The fourth-order valence-corrected chi connectivity index (χ4v) is 1.06. The van der Waals surface area contributed by atoms with Crippen LogP contribution in [0.5, 0.6) is 0 Å². The van der Waals surface area contributed by atoms with Gasteiger partial charge >= 0.3 is 5.76 Å². The highest BCUT2D eigenvalue weighted by atomic mass is 19.1. The molecule has 0 spiro atoms. The number of nitrogens with two attached hydrogens (primary N) is 1. The van der Waals surface area contributed by atoms with Gasteiger partial charge in [0.2, 0.25) is 0 Å². The molecule has 0 atom stereocenters. The number of nitrogens with zero attached hydrogens (tertiary/aromatic N) is 1. The molecule has 0 bridgehead atoms. The van der Waals surface area contributed by atoms with Crippen molar-refractivity contribution in [2.45, 2.75) is 0 Å². The molecular formula is C8H6FN3O2. The summed E-state index contributed by atoms with van der Waals surface area (Å²) >= 11 is 0. The normalized spacial score (nSPS) is 10.4. The van der Waals surface area contributed by atoms with Gasteiger partial charge < -0.3 is 10.2 Å². The third-order valence-electron chi connectivity index (χ3n) is 1.68. The Morgan fingerprint density at radius 1 is 1.50 bits per heavy atom. The quantitative estimate of drug-likeness (QED) is 0.657. The van der Waals surface area contributed by atoms with Crippen LogP contribution < -0.4 is 11.5 Å². The first-order valence-electron chi connectivity index (χ1n) is 3.78. The van der Waals surface area contributed by atoms with Crippen LogP contribution in [-0.4, -0.2) is 10.2 Å². The zero-order chi connectivity index (χ0) is 10.1. The van der Waals surface area contributed by atoms with Crippen molar-refractivity contribution in [3.05, 3.63) is 34.6 Å². The fourth-order valence-electron chi connectivity index (χ4n) is 1.06. The molecule has 14 heavy (non-hydrogen) atoms. The van der Waals surface area contributed by atoms with Crippen LogP contribution in [0.4, 0.5) is 10.1 Å². The number of H-pyrrole nitrogens is 1. The molecule has 3 N–H and O–H groups in total. The van der Waals surface area contributed by atoms with Gasteiger partial charge in [0.25, 0.3) is 5.89 Å². The first-order chi connectivity index (χ1) is 6.66. The van der Waals surface area contributed by atoms with Crippen molar-refractivity contribution in [1.29, 1.82) is 0 Å². The number of benzene rings is 1. The predicted octanol–water partition coefficient (Wildman–Crippen LogP) is 0.751.